The quantitative estimate of drug-likeness (QED) is 0.643. The van der Waals surface area contributed by atoms with Gasteiger partial charge in [0.05, 0.1) is 11.5 Å². The number of hydrogen-bond acceptors (Lipinski definition) is 3. The molecule has 0 spiro atoms. The number of piperidine rings is 1. The molecule has 2 unspecified atom stereocenters. The number of carbonyl (C=O) groups is 2. The third-order valence-corrected chi connectivity index (χ3v) is 9.31. The lowest BCUT2D eigenvalue weighted by atomic mass is 9.79. The van der Waals surface area contributed by atoms with Crippen LogP contribution in [0.1, 0.15) is 34.1 Å². The zero-order valence-electron chi connectivity index (χ0n) is 13.4. The van der Waals surface area contributed by atoms with Gasteiger partial charge in [0.25, 0.3) is 0 Å². The first kappa shape index (κ1) is 17.2. The summed E-state index contributed by atoms with van der Waals surface area (Å²) >= 11 is 0. The lowest BCUT2D eigenvalue weighted by Gasteiger charge is -2.47. The zero-order valence-corrected chi connectivity index (χ0v) is 14.4. The Morgan fingerprint density at radius 3 is 2.40 bits per heavy atom. The average molecular weight is 301 g/mol. The highest BCUT2D eigenvalue weighted by Gasteiger charge is 2.47. The first-order valence-corrected chi connectivity index (χ1v) is 9.96. The number of nitrogens with zero attached hydrogens (tertiary/aromatic N) is 1. The summed E-state index contributed by atoms with van der Waals surface area (Å²) in [5.74, 6) is 0. The smallest absolute Gasteiger partial charge is 0.407 e. The Balaban J connectivity index is 2.97. The van der Waals surface area contributed by atoms with Gasteiger partial charge >= 0.3 is 6.09 Å². The Bertz CT molecular complexity index is 391. The monoisotopic (exact) mass is 301 g/mol. The fourth-order valence-corrected chi connectivity index (χ4v) is 3.46. The lowest BCUT2D eigenvalue weighted by molar-refractivity contribution is -0.125. The largest absolute Gasteiger partial charge is 0.465 e. The summed E-state index contributed by atoms with van der Waals surface area (Å²) in [6.45, 7) is 13.2. The van der Waals surface area contributed by atoms with Crippen molar-refractivity contribution in [1.29, 1.82) is 0 Å². The average Bonchev–Trinajstić information content (AvgIpc) is 2.30. The standard InChI is InChI=1S/C14H27NO4Si/c1-13(2,3)20(5,6)19-11-9-15(12(17)18)8-7-14(11,4)10-16/h10-11H,7-9H2,1-6H3,(H,17,18). The lowest BCUT2D eigenvalue weighted by Crippen LogP contribution is -2.57. The van der Waals surface area contributed by atoms with E-state index in [2.05, 4.69) is 33.9 Å². The maximum absolute atomic E-state index is 11.5. The molecule has 0 radical (unpaired) electrons. The molecule has 1 heterocycles. The molecule has 1 aliphatic rings. The topological polar surface area (TPSA) is 66.8 Å². The Morgan fingerprint density at radius 2 is 2.00 bits per heavy atom. The van der Waals surface area contributed by atoms with Crippen LogP contribution in [-0.2, 0) is 9.22 Å². The molecule has 1 rings (SSSR count). The number of likely N-dealkylation sites (tertiary alicyclic amines) is 1. The highest BCUT2D eigenvalue weighted by molar-refractivity contribution is 6.74. The Hall–Kier alpha value is -0.883. The van der Waals surface area contributed by atoms with Crippen molar-refractivity contribution in [3.63, 3.8) is 0 Å². The number of carbonyl (C=O) groups excluding carboxylic acids is 1. The second-order valence-corrected chi connectivity index (χ2v) is 12.2. The van der Waals surface area contributed by atoms with E-state index in [1.54, 1.807) is 0 Å². The molecule has 6 heteroatoms. The van der Waals surface area contributed by atoms with Gasteiger partial charge in [-0.05, 0) is 24.6 Å². The number of aldehydes is 1. The molecule has 1 saturated heterocycles. The molecule has 116 valence electrons. The van der Waals surface area contributed by atoms with Gasteiger partial charge in [-0.15, -0.1) is 0 Å². The van der Waals surface area contributed by atoms with Crippen molar-refractivity contribution >= 4 is 20.7 Å². The molecular formula is C14H27NO4Si. The molecule has 0 aromatic carbocycles. The predicted molar refractivity (Wildman–Crippen MR) is 80.5 cm³/mol. The van der Waals surface area contributed by atoms with Crippen LogP contribution in [0.5, 0.6) is 0 Å². The molecule has 0 saturated carbocycles. The van der Waals surface area contributed by atoms with E-state index in [1.165, 1.54) is 4.90 Å². The van der Waals surface area contributed by atoms with Gasteiger partial charge in [0.15, 0.2) is 8.32 Å². The molecule has 0 aromatic rings. The van der Waals surface area contributed by atoms with Crippen LogP contribution in [0, 0.1) is 5.41 Å². The van der Waals surface area contributed by atoms with Crippen LogP contribution in [0.3, 0.4) is 0 Å². The van der Waals surface area contributed by atoms with Crippen molar-refractivity contribution in [2.24, 2.45) is 5.41 Å². The van der Waals surface area contributed by atoms with Gasteiger partial charge < -0.3 is 19.2 Å². The van der Waals surface area contributed by atoms with E-state index in [4.69, 9.17) is 9.53 Å². The summed E-state index contributed by atoms with van der Waals surface area (Å²) in [5, 5.41) is 9.18. The van der Waals surface area contributed by atoms with E-state index >= 15 is 0 Å². The van der Waals surface area contributed by atoms with E-state index in [1.807, 2.05) is 6.92 Å². The van der Waals surface area contributed by atoms with Crippen LogP contribution in [0.25, 0.3) is 0 Å². The molecule has 0 aromatic heterocycles. The third kappa shape index (κ3) is 3.41. The van der Waals surface area contributed by atoms with Gasteiger partial charge in [-0.25, -0.2) is 4.79 Å². The summed E-state index contributed by atoms with van der Waals surface area (Å²) in [6.07, 6.45) is 0.152. The molecule has 2 atom stereocenters. The van der Waals surface area contributed by atoms with Gasteiger partial charge in [0.2, 0.25) is 0 Å². The number of rotatable bonds is 3. The van der Waals surface area contributed by atoms with Crippen LogP contribution in [0.15, 0.2) is 0 Å². The molecule has 20 heavy (non-hydrogen) atoms. The number of hydrogen-bond donors (Lipinski definition) is 1. The summed E-state index contributed by atoms with van der Waals surface area (Å²) in [4.78, 5) is 24.0. The molecule has 1 fully saturated rings. The Morgan fingerprint density at radius 1 is 1.45 bits per heavy atom. The van der Waals surface area contributed by atoms with Crippen molar-refractivity contribution in [3.05, 3.63) is 0 Å². The summed E-state index contributed by atoms with van der Waals surface area (Å²) < 4.78 is 6.33. The predicted octanol–water partition coefficient (Wildman–Crippen LogP) is 2.97. The van der Waals surface area contributed by atoms with Gasteiger partial charge in [0, 0.05) is 13.1 Å². The Kier molecular flexibility index (Phi) is 4.71. The minimum atomic E-state index is -2.04. The van der Waals surface area contributed by atoms with E-state index in [0.29, 0.717) is 13.0 Å². The summed E-state index contributed by atoms with van der Waals surface area (Å²) in [6, 6.07) is 0. The Labute approximate surface area is 122 Å². The first-order chi connectivity index (χ1) is 8.93. The normalized spacial score (nSPS) is 28.3. The fourth-order valence-electron chi connectivity index (χ4n) is 2.05. The van der Waals surface area contributed by atoms with Crippen LogP contribution < -0.4 is 0 Å². The van der Waals surface area contributed by atoms with Crippen molar-refractivity contribution in [2.75, 3.05) is 13.1 Å². The molecule has 0 bridgehead atoms. The summed E-state index contributed by atoms with van der Waals surface area (Å²) in [5.41, 5.74) is -0.596. The molecular weight excluding hydrogens is 274 g/mol. The molecule has 1 aliphatic heterocycles. The van der Waals surface area contributed by atoms with Crippen molar-refractivity contribution < 1.29 is 19.1 Å². The maximum atomic E-state index is 11.5. The van der Waals surface area contributed by atoms with Crippen LogP contribution in [0.2, 0.25) is 18.1 Å². The number of carboxylic acid groups (broad SMARTS) is 1. The SMILES string of the molecule is CC1(C=O)CCN(C(=O)O)CC1O[Si](C)(C)C(C)(C)C. The minimum Gasteiger partial charge on any atom is -0.465 e. The van der Waals surface area contributed by atoms with Gasteiger partial charge in [-0.3, -0.25) is 0 Å². The highest BCUT2D eigenvalue weighted by Crippen LogP contribution is 2.41. The molecule has 0 aliphatic carbocycles. The van der Waals surface area contributed by atoms with E-state index in [9.17, 15) is 9.59 Å². The molecule has 5 nitrogen and oxygen atoms in total. The highest BCUT2D eigenvalue weighted by atomic mass is 28.4. The molecule has 1 amide bonds. The maximum Gasteiger partial charge on any atom is 0.407 e. The zero-order chi connectivity index (χ0) is 15.8. The fraction of sp³-hybridized carbons (Fsp3) is 0.857. The van der Waals surface area contributed by atoms with Crippen LogP contribution >= 0.6 is 0 Å². The van der Waals surface area contributed by atoms with Crippen LogP contribution in [0.4, 0.5) is 4.79 Å². The van der Waals surface area contributed by atoms with Gasteiger partial charge in [-0.2, -0.15) is 0 Å². The van der Waals surface area contributed by atoms with Crippen LogP contribution in [-0.4, -0.2) is 49.9 Å². The summed E-state index contributed by atoms with van der Waals surface area (Å²) in [7, 11) is -2.04. The van der Waals surface area contributed by atoms with Gasteiger partial charge in [0.1, 0.15) is 6.29 Å². The molecule has 1 N–H and O–H groups in total. The second-order valence-electron chi connectivity index (χ2n) is 7.47. The second kappa shape index (κ2) is 5.48. The minimum absolute atomic E-state index is 0.0301. The van der Waals surface area contributed by atoms with E-state index in [-0.39, 0.29) is 17.7 Å². The number of amides is 1. The van der Waals surface area contributed by atoms with Crippen molar-refractivity contribution in [3.8, 4) is 0 Å². The first-order valence-electron chi connectivity index (χ1n) is 7.05. The van der Waals surface area contributed by atoms with Gasteiger partial charge in [-0.1, -0.05) is 27.7 Å². The van der Waals surface area contributed by atoms with E-state index < -0.39 is 19.8 Å². The third-order valence-electron chi connectivity index (χ3n) is 4.82. The van der Waals surface area contributed by atoms with Crippen molar-refractivity contribution in [1.82, 2.24) is 4.90 Å². The van der Waals surface area contributed by atoms with E-state index in [0.717, 1.165) is 6.29 Å². The van der Waals surface area contributed by atoms with Crippen molar-refractivity contribution in [2.45, 2.75) is 58.4 Å².